The summed E-state index contributed by atoms with van der Waals surface area (Å²) in [7, 11) is 0. The largest absolute Gasteiger partial charge is 0.460 e. The van der Waals surface area contributed by atoms with Gasteiger partial charge in [0.05, 0.1) is 37.1 Å². The Hall–Kier alpha value is -4.02. The molecule has 2 aromatic rings. The van der Waals surface area contributed by atoms with Gasteiger partial charge in [0.1, 0.15) is 17.7 Å². The molecule has 10 nitrogen and oxygen atoms in total. The van der Waals surface area contributed by atoms with Gasteiger partial charge >= 0.3 is 5.97 Å². The van der Waals surface area contributed by atoms with Crippen molar-refractivity contribution in [3.63, 3.8) is 0 Å². The highest BCUT2D eigenvalue weighted by molar-refractivity contribution is 6.05. The molecule has 2 bridgehead atoms. The summed E-state index contributed by atoms with van der Waals surface area (Å²) >= 11 is 0. The van der Waals surface area contributed by atoms with Crippen molar-refractivity contribution >= 4 is 40.2 Å². The first-order chi connectivity index (χ1) is 22.1. The van der Waals surface area contributed by atoms with Gasteiger partial charge in [0.15, 0.2) is 0 Å². The Morgan fingerprint density at radius 1 is 1.15 bits per heavy atom. The number of aliphatic hydroxyl groups is 1. The Labute approximate surface area is 270 Å². The summed E-state index contributed by atoms with van der Waals surface area (Å²) in [6.45, 7) is 12.9. The molecule has 1 spiro atoms. The highest BCUT2D eigenvalue weighted by atomic mass is 16.6. The van der Waals surface area contributed by atoms with Crippen molar-refractivity contribution in [3.8, 4) is 0 Å². The van der Waals surface area contributed by atoms with E-state index < -0.39 is 53.6 Å². The first-order valence-electron chi connectivity index (χ1n) is 16.2. The lowest BCUT2D eigenvalue weighted by Crippen LogP contribution is -2.59. The van der Waals surface area contributed by atoms with Gasteiger partial charge in [-0.25, -0.2) is 0 Å². The number of allylic oxidation sites excluding steroid dienone is 1. The van der Waals surface area contributed by atoms with Crippen LogP contribution >= 0.6 is 0 Å². The first kappa shape index (κ1) is 33.3. The van der Waals surface area contributed by atoms with E-state index >= 15 is 0 Å². The van der Waals surface area contributed by atoms with E-state index in [1.54, 1.807) is 24.0 Å². The van der Waals surface area contributed by atoms with E-state index in [2.05, 4.69) is 18.5 Å². The molecular formula is C36H45N3O7. The van der Waals surface area contributed by atoms with Crippen LogP contribution in [0.25, 0.3) is 10.8 Å². The Morgan fingerprint density at radius 3 is 2.57 bits per heavy atom. The number of fused-ring (bicyclic) bond motifs is 2. The maximum atomic E-state index is 14.8. The third-order valence-electron chi connectivity index (χ3n) is 9.66. The number of nitrogens with zero attached hydrogens (tertiary/aromatic N) is 2. The molecule has 2 aromatic carbocycles. The minimum absolute atomic E-state index is 0.124. The Balaban J connectivity index is 1.47. The number of rotatable bonds is 14. The molecule has 3 saturated heterocycles. The zero-order valence-corrected chi connectivity index (χ0v) is 26.9. The summed E-state index contributed by atoms with van der Waals surface area (Å²) in [4.78, 5) is 58.2. The maximum absolute atomic E-state index is 14.8. The first-order valence-corrected chi connectivity index (χ1v) is 16.2. The number of hydrogen-bond acceptors (Lipinski definition) is 7. The monoisotopic (exact) mass is 631 g/mol. The Kier molecular flexibility index (Phi) is 9.98. The predicted molar refractivity (Wildman–Crippen MR) is 175 cm³/mol. The number of carbonyl (C=O) groups is 4. The van der Waals surface area contributed by atoms with Crippen molar-refractivity contribution in [2.24, 2.45) is 17.8 Å². The van der Waals surface area contributed by atoms with Gasteiger partial charge in [-0.3, -0.25) is 19.2 Å². The number of esters is 1. The second-order valence-corrected chi connectivity index (χ2v) is 12.9. The van der Waals surface area contributed by atoms with Crippen molar-refractivity contribution < 1.29 is 33.8 Å². The van der Waals surface area contributed by atoms with Crippen molar-refractivity contribution in [1.29, 1.82) is 0 Å². The lowest BCUT2D eigenvalue weighted by atomic mass is 9.70. The van der Waals surface area contributed by atoms with Crippen LogP contribution in [0.15, 0.2) is 67.8 Å². The molecule has 46 heavy (non-hydrogen) atoms. The molecule has 0 unspecified atom stereocenters. The molecule has 5 rings (SSSR count). The standard InChI is InChI=1S/C36H45N3O7/c1-6-8-13-29(41)37-20-23(5)45-35(44)30-28-16-17-36(46-28)31(30)33(42)39(27(21-40)22(3)4)32(36)34(43)38(18-7-2)26-15-14-24-11-9-10-12-25(24)19-26/h6-7,9-12,14-15,19,22-23,27-28,30-32,40H,1-2,8,13,16-18,20-21H2,3-5H3,(H,37,41)/t23-,27+,28+,30-,31-,32+,36-/m1/s1. The minimum Gasteiger partial charge on any atom is -0.460 e. The Morgan fingerprint density at radius 2 is 1.89 bits per heavy atom. The molecule has 3 amide bonds. The van der Waals surface area contributed by atoms with Gasteiger partial charge in [-0.05, 0) is 55.0 Å². The number of carbonyl (C=O) groups excluding carboxylic acids is 4. The summed E-state index contributed by atoms with van der Waals surface area (Å²) < 4.78 is 12.4. The van der Waals surface area contributed by atoms with E-state index in [0.29, 0.717) is 24.9 Å². The highest BCUT2D eigenvalue weighted by Gasteiger charge is 2.75. The quantitative estimate of drug-likeness (QED) is 0.240. The third kappa shape index (κ3) is 5.96. The summed E-state index contributed by atoms with van der Waals surface area (Å²) in [5, 5.41) is 15.3. The molecular weight excluding hydrogens is 586 g/mol. The van der Waals surface area contributed by atoms with Gasteiger partial charge in [0, 0.05) is 18.7 Å². The molecule has 0 radical (unpaired) electrons. The fourth-order valence-corrected chi connectivity index (χ4v) is 7.46. The average molecular weight is 632 g/mol. The van der Waals surface area contributed by atoms with E-state index in [0.717, 1.165) is 10.8 Å². The Bertz CT molecular complexity index is 1510. The van der Waals surface area contributed by atoms with Crippen molar-refractivity contribution in [1.82, 2.24) is 10.2 Å². The number of likely N-dealkylation sites (tertiary alicyclic amines) is 1. The molecule has 7 atom stereocenters. The van der Waals surface area contributed by atoms with Crippen LogP contribution in [0.5, 0.6) is 0 Å². The van der Waals surface area contributed by atoms with Gasteiger partial charge in [-0.2, -0.15) is 0 Å². The fourth-order valence-electron chi connectivity index (χ4n) is 7.46. The van der Waals surface area contributed by atoms with Crippen LogP contribution < -0.4 is 10.2 Å². The van der Waals surface area contributed by atoms with Gasteiger partial charge < -0.3 is 29.7 Å². The molecule has 3 aliphatic rings. The van der Waals surface area contributed by atoms with Crippen LogP contribution in [-0.4, -0.2) is 83.3 Å². The van der Waals surface area contributed by atoms with E-state index in [9.17, 15) is 24.3 Å². The summed E-state index contributed by atoms with van der Waals surface area (Å²) in [5.41, 5.74) is -0.614. The SMILES string of the molecule is C=CCCC(=O)NC[C@@H](C)OC(=O)[C@@H]1[C@@H]2CC[C@]3(O2)[C@H](C(=O)N(CC=C)c2ccc4ccccc4c2)N([C@@H](CO)C(C)C)C(=O)[C@@H]13. The topological polar surface area (TPSA) is 125 Å². The van der Waals surface area contributed by atoms with Crippen molar-refractivity contribution in [2.45, 2.75) is 76.3 Å². The fraction of sp³-hybridized carbons (Fsp3) is 0.500. The van der Waals surface area contributed by atoms with Crippen LogP contribution in [0, 0.1) is 17.8 Å². The number of amides is 3. The predicted octanol–water partition coefficient (Wildman–Crippen LogP) is 3.76. The number of hydrogen-bond donors (Lipinski definition) is 2. The van der Waals surface area contributed by atoms with E-state index in [-0.39, 0.29) is 43.8 Å². The average Bonchev–Trinajstić information content (AvgIpc) is 3.69. The summed E-state index contributed by atoms with van der Waals surface area (Å²) in [5.74, 6) is -3.55. The van der Waals surface area contributed by atoms with Gasteiger partial charge in [-0.15, -0.1) is 13.2 Å². The third-order valence-corrected chi connectivity index (χ3v) is 9.66. The number of ether oxygens (including phenoxy) is 2. The van der Waals surface area contributed by atoms with Crippen LogP contribution in [0.2, 0.25) is 0 Å². The molecule has 246 valence electrons. The van der Waals surface area contributed by atoms with Crippen LogP contribution in [0.3, 0.4) is 0 Å². The molecule has 0 aliphatic carbocycles. The molecule has 0 saturated carbocycles. The van der Waals surface area contributed by atoms with Gasteiger partial charge in [-0.1, -0.05) is 56.3 Å². The molecule has 0 aromatic heterocycles. The molecule has 3 fully saturated rings. The smallest absolute Gasteiger partial charge is 0.312 e. The van der Waals surface area contributed by atoms with Crippen molar-refractivity contribution in [3.05, 3.63) is 67.8 Å². The number of benzene rings is 2. The van der Waals surface area contributed by atoms with Crippen molar-refractivity contribution in [2.75, 3.05) is 24.6 Å². The lowest BCUT2D eigenvalue weighted by Gasteiger charge is -2.40. The normalized spacial score (nSPS) is 26.1. The number of anilines is 1. The number of aliphatic hydroxyl groups excluding tert-OH is 1. The maximum Gasteiger partial charge on any atom is 0.312 e. The summed E-state index contributed by atoms with van der Waals surface area (Å²) in [6, 6.07) is 11.9. The molecule has 2 N–H and O–H groups in total. The van der Waals surface area contributed by atoms with E-state index in [4.69, 9.17) is 9.47 Å². The zero-order valence-electron chi connectivity index (χ0n) is 26.9. The minimum atomic E-state index is -1.26. The number of nitrogens with one attached hydrogen (secondary N) is 1. The molecule has 10 heteroatoms. The zero-order chi connectivity index (χ0) is 33.2. The van der Waals surface area contributed by atoms with Crippen LogP contribution in [-0.2, 0) is 28.7 Å². The van der Waals surface area contributed by atoms with Crippen LogP contribution in [0.4, 0.5) is 5.69 Å². The van der Waals surface area contributed by atoms with Crippen LogP contribution in [0.1, 0.15) is 46.5 Å². The second-order valence-electron chi connectivity index (χ2n) is 12.9. The highest BCUT2D eigenvalue weighted by Crippen LogP contribution is 2.59. The van der Waals surface area contributed by atoms with Gasteiger partial charge in [0.25, 0.3) is 5.91 Å². The summed E-state index contributed by atoms with van der Waals surface area (Å²) in [6.07, 6.45) is 3.79. The molecule has 3 heterocycles. The second kappa shape index (κ2) is 13.8. The molecule has 3 aliphatic heterocycles. The van der Waals surface area contributed by atoms with E-state index in [1.165, 1.54) is 4.90 Å². The van der Waals surface area contributed by atoms with E-state index in [1.807, 2.05) is 56.3 Å². The lowest BCUT2D eigenvalue weighted by molar-refractivity contribution is -0.160. The van der Waals surface area contributed by atoms with Gasteiger partial charge in [0.2, 0.25) is 11.8 Å².